The fraction of sp³-hybridized carbons (Fsp3) is 0.691. The van der Waals surface area contributed by atoms with Crippen LogP contribution < -0.4 is 0 Å². The summed E-state index contributed by atoms with van der Waals surface area (Å²) in [4.78, 5) is 37.8. The van der Waals surface area contributed by atoms with Crippen molar-refractivity contribution in [1.82, 2.24) is 0 Å². The van der Waals surface area contributed by atoms with Crippen molar-refractivity contribution >= 4 is 17.9 Å². The average molecular weight is 1430 g/mol. The summed E-state index contributed by atoms with van der Waals surface area (Å²) in [6.45, 7) is 4.68. The summed E-state index contributed by atoms with van der Waals surface area (Å²) in [5.41, 5.74) is 0. The van der Waals surface area contributed by atoms with Gasteiger partial charge in [0.2, 0.25) is 0 Å². The number of rotatable bonds is 78. The van der Waals surface area contributed by atoms with Crippen LogP contribution in [0.1, 0.15) is 361 Å². The van der Waals surface area contributed by atoms with Gasteiger partial charge in [0.25, 0.3) is 6.29 Å². The maximum absolute atomic E-state index is 13.0. The van der Waals surface area contributed by atoms with Gasteiger partial charge < -0.3 is 28.5 Å². The van der Waals surface area contributed by atoms with Crippen LogP contribution in [0.5, 0.6) is 0 Å². The van der Waals surface area contributed by atoms with Gasteiger partial charge in [0.05, 0.1) is 34.4 Å². The zero-order chi connectivity index (χ0) is 74.6. The summed E-state index contributed by atoms with van der Waals surface area (Å²) in [7, 11) is 5.99. The molecular formula is C94H160NO8+. The molecule has 0 aromatic carbocycles. The topological polar surface area (TPSA) is 108 Å². The minimum atomic E-state index is -1.52. The van der Waals surface area contributed by atoms with Crippen LogP contribution in [0.4, 0.5) is 0 Å². The lowest BCUT2D eigenvalue weighted by atomic mass is 10.0. The van der Waals surface area contributed by atoms with E-state index in [-0.39, 0.29) is 32.2 Å². The largest absolute Gasteiger partial charge is 0.477 e. The molecule has 588 valence electrons. The van der Waals surface area contributed by atoms with Gasteiger partial charge in [-0.2, -0.15) is 0 Å². The van der Waals surface area contributed by atoms with E-state index in [1.165, 1.54) is 205 Å². The maximum Gasteiger partial charge on any atom is 0.361 e. The predicted octanol–water partition coefficient (Wildman–Crippen LogP) is 27.9. The number of aliphatic carboxylic acids is 1. The molecule has 1 N–H and O–H groups in total. The number of allylic oxidation sites excluding steroid dienone is 26. The van der Waals surface area contributed by atoms with Crippen LogP contribution in [0.3, 0.4) is 0 Å². The first-order valence-corrected chi connectivity index (χ1v) is 42.6. The van der Waals surface area contributed by atoms with E-state index in [4.69, 9.17) is 18.9 Å². The summed E-state index contributed by atoms with van der Waals surface area (Å²) < 4.78 is 23.1. The van der Waals surface area contributed by atoms with Crippen LogP contribution in [-0.4, -0.2) is 87.4 Å². The number of carbonyl (C=O) groups excluding carboxylic acids is 2. The molecule has 0 bridgehead atoms. The molecule has 0 aliphatic rings. The van der Waals surface area contributed by atoms with E-state index in [1.54, 1.807) is 0 Å². The van der Waals surface area contributed by atoms with E-state index in [9.17, 15) is 19.5 Å². The van der Waals surface area contributed by atoms with Crippen LogP contribution in [0.15, 0.2) is 158 Å². The van der Waals surface area contributed by atoms with Crippen molar-refractivity contribution in [3.8, 4) is 0 Å². The van der Waals surface area contributed by atoms with Crippen LogP contribution >= 0.6 is 0 Å². The van der Waals surface area contributed by atoms with Crippen molar-refractivity contribution in [2.24, 2.45) is 0 Å². The number of carboxylic acid groups (broad SMARTS) is 1. The molecule has 0 radical (unpaired) electrons. The Morgan fingerprint density at radius 2 is 0.524 bits per heavy atom. The highest BCUT2D eigenvalue weighted by molar-refractivity contribution is 5.71. The minimum absolute atomic E-state index is 0.184. The Morgan fingerprint density at radius 1 is 0.291 bits per heavy atom. The van der Waals surface area contributed by atoms with Crippen LogP contribution in [0.2, 0.25) is 0 Å². The lowest BCUT2D eigenvalue weighted by Gasteiger charge is -2.25. The van der Waals surface area contributed by atoms with E-state index in [0.29, 0.717) is 23.9 Å². The number of nitrogens with zero attached hydrogens (tertiary/aromatic N) is 1. The van der Waals surface area contributed by atoms with Crippen molar-refractivity contribution < 1.29 is 42.9 Å². The third-order valence-corrected chi connectivity index (χ3v) is 18.3. The molecule has 0 saturated heterocycles. The van der Waals surface area contributed by atoms with Crippen LogP contribution in [0, 0.1) is 0 Å². The molecule has 0 saturated carbocycles. The van der Waals surface area contributed by atoms with E-state index in [1.807, 2.05) is 21.1 Å². The van der Waals surface area contributed by atoms with Crippen molar-refractivity contribution in [2.75, 3.05) is 47.5 Å². The molecule has 0 aliphatic heterocycles. The standard InChI is InChI=1S/C94H159NO8/c1-6-8-10-12-14-16-18-20-22-24-26-28-30-32-34-36-38-40-42-44-45-46-47-49-51-53-55-57-59-61-63-65-67-69-71-73-75-77-79-81-83-85-92(97)103-90(89-102-94(93(98)99)100-87-86-95(3,4)5)88-101-91(96)84-82-80-78-76-74-72-70-68-66-64-62-60-58-56-54-52-50-48-43-41-39-37-35-33-31-29-27-25-23-21-19-17-15-13-11-9-7-2/h8-11,14-17,20-23,26-29,32,34,38,40,44-45,47,49,53,55,90,94H,6-7,12-13,18-19,24-25,30-31,33,35-37,39,41-43,46,48,50-52,54,56-89H2,1-5H3/p+1/b10-8-,11-9-,16-14-,17-15-,22-20-,23-21-,28-26-,29-27-,34-32-,40-38-,45-44-,49-47-,55-53-. The number of hydrogen-bond acceptors (Lipinski definition) is 7. The van der Waals surface area contributed by atoms with Crippen molar-refractivity contribution in [3.63, 3.8) is 0 Å². The Balaban J connectivity index is 4.01. The maximum atomic E-state index is 13.0. The quantitative estimate of drug-likeness (QED) is 0.0211. The van der Waals surface area contributed by atoms with E-state index < -0.39 is 24.3 Å². The van der Waals surface area contributed by atoms with Crippen molar-refractivity contribution in [3.05, 3.63) is 158 Å². The lowest BCUT2D eigenvalue weighted by Crippen LogP contribution is -2.40. The molecule has 0 aliphatic carbocycles. The smallest absolute Gasteiger partial charge is 0.361 e. The number of ether oxygens (including phenoxy) is 4. The monoisotopic (exact) mass is 1430 g/mol. The van der Waals surface area contributed by atoms with Crippen molar-refractivity contribution in [1.29, 1.82) is 0 Å². The van der Waals surface area contributed by atoms with Gasteiger partial charge in [0.15, 0.2) is 6.10 Å². The second kappa shape index (κ2) is 82.6. The summed E-state index contributed by atoms with van der Waals surface area (Å²) in [5.74, 6) is -2.00. The van der Waals surface area contributed by atoms with Crippen molar-refractivity contribution in [2.45, 2.75) is 373 Å². The van der Waals surface area contributed by atoms with Gasteiger partial charge in [0, 0.05) is 12.8 Å². The summed E-state index contributed by atoms with van der Waals surface area (Å²) in [6, 6.07) is 0. The Kier molecular flexibility index (Phi) is 78.5. The number of unbranched alkanes of at least 4 members (excludes halogenated alkanes) is 37. The van der Waals surface area contributed by atoms with Gasteiger partial charge in [-0.15, -0.1) is 0 Å². The van der Waals surface area contributed by atoms with Gasteiger partial charge in [-0.3, -0.25) is 9.59 Å². The Hall–Kier alpha value is -5.09. The van der Waals surface area contributed by atoms with E-state index >= 15 is 0 Å². The molecule has 0 spiro atoms. The number of carbonyl (C=O) groups is 3. The Labute approximate surface area is 635 Å². The molecule has 0 aromatic heterocycles. The summed E-state index contributed by atoms with van der Waals surface area (Å²) in [6.07, 6.45) is 120. The molecule has 0 amide bonds. The molecule has 0 heterocycles. The first-order valence-electron chi connectivity index (χ1n) is 42.6. The number of likely N-dealkylation sites (N-methyl/N-ethyl adjacent to an activating group) is 1. The predicted molar refractivity (Wildman–Crippen MR) is 447 cm³/mol. The zero-order valence-electron chi connectivity index (χ0n) is 67.4. The van der Waals surface area contributed by atoms with Gasteiger partial charge >= 0.3 is 17.9 Å². The summed E-state index contributed by atoms with van der Waals surface area (Å²) in [5, 5.41) is 9.79. The number of esters is 2. The van der Waals surface area contributed by atoms with Gasteiger partial charge in [-0.25, -0.2) is 4.79 Å². The number of quaternary nitrogens is 1. The third kappa shape index (κ3) is 84.1. The van der Waals surface area contributed by atoms with Gasteiger partial charge in [0.1, 0.15) is 13.2 Å². The second-order valence-corrected chi connectivity index (χ2v) is 29.4. The van der Waals surface area contributed by atoms with Gasteiger partial charge in [-0.05, 0) is 122 Å². The van der Waals surface area contributed by atoms with E-state index in [2.05, 4.69) is 172 Å². The second-order valence-electron chi connectivity index (χ2n) is 29.4. The normalized spacial score (nSPS) is 13.4. The summed E-state index contributed by atoms with van der Waals surface area (Å²) >= 11 is 0. The van der Waals surface area contributed by atoms with Crippen LogP contribution in [-0.2, 0) is 33.3 Å². The number of hydrogen-bond donors (Lipinski definition) is 1. The zero-order valence-corrected chi connectivity index (χ0v) is 67.4. The number of carboxylic acids is 1. The molecule has 103 heavy (non-hydrogen) atoms. The highest BCUT2D eigenvalue weighted by Gasteiger charge is 2.25. The highest BCUT2D eigenvalue weighted by atomic mass is 16.7. The Bertz CT molecular complexity index is 2270. The molecule has 2 atom stereocenters. The molecule has 2 unspecified atom stereocenters. The molecule has 0 rings (SSSR count). The SMILES string of the molecule is CC/C=C\C/C=C\C/C=C\C/C=C\C/C=C\C/C=C\C/C=C\C/C=C\C/C=C\CCCCCCCCCCCCCCCC(=O)OC(COC(=O)CCCCCCCCCCCCCCCCCCCCCCCCCC/C=C\C/C=C\C/C=C\C/C=C\CC)COC(OCC[N+](C)(C)C)C(=O)O. The first-order chi connectivity index (χ1) is 50.6. The Morgan fingerprint density at radius 3 is 0.777 bits per heavy atom. The molecule has 9 heteroatoms. The fourth-order valence-electron chi connectivity index (χ4n) is 11.9. The molecule has 0 fully saturated rings. The first kappa shape index (κ1) is 97.9. The molecule has 0 aromatic rings. The molecule has 9 nitrogen and oxygen atoms in total. The lowest BCUT2D eigenvalue weighted by molar-refractivity contribution is -0.870. The van der Waals surface area contributed by atoms with E-state index in [0.717, 1.165) is 122 Å². The van der Waals surface area contributed by atoms with Gasteiger partial charge in [-0.1, -0.05) is 384 Å². The van der Waals surface area contributed by atoms with Crippen LogP contribution in [0.25, 0.3) is 0 Å². The molecular weight excluding hydrogens is 1270 g/mol. The minimum Gasteiger partial charge on any atom is -0.477 e. The average Bonchev–Trinajstić information content (AvgIpc) is 1.01. The third-order valence-electron chi connectivity index (χ3n) is 18.3. The fourth-order valence-corrected chi connectivity index (χ4v) is 11.9. The highest BCUT2D eigenvalue weighted by Crippen LogP contribution is 2.19.